The molecular weight excluding hydrogens is 214 g/mol. The molecule has 1 N–H and O–H groups in total. The molecule has 0 aromatic rings. The van der Waals surface area contributed by atoms with E-state index in [4.69, 9.17) is 14.6 Å². The average molecular weight is 229 g/mol. The monoisotopic (exact) mass is 229 g/mol. The maximum Gasteiger partial charge on any atom is 0.323 e. The molecule has 16 heavy (non-hydrogen) atoms. The summed E-state index contributed by atoms with van der Waals surface area (Å²) in [7, 11) is 0. The molecule has 1 aliphatic rings. The van der Waals surface area contributed by atoms with E-state index in [1.54, 1.807) is 0 Å². The molecule has 0 spiro atoms. The van der Waals surface area contributed by atoms with Crippen molar-refractivity contribution in [2.45, 2.75) is 13.3 Å². The maximum atomic E-state index is 11.8. The molecule has 0 bridgehead atoms. The third-order valence-electron chi connectivity index (χ3n) is 1.97. The Morgan fingerprint density at radius 1 is 1.50 bits per heavy atom. The van der Waals surface area contributed by atoms with E-state index in [1.165, 1.54) is 11.2 Å². The number of carboxylic acid groups (broad SMARTS) is 1. The molecule has 0 aromatic carbocycles. The SMILES string of the molecule is CCCN(CC(=O)O)C(=O)C1=COCCO1. The van der Waals surface area contributed by atoms with Crippen molar-refractivity contribution < 1.29 is 24.2 Å². The van der Waals surface area contributed by atoms with Crippen LogP contribution in [-0.2, 0) is 19.1 Å². The third kappa shape index (κ3) is 3.45. The minimum absolute atomic E-state index is 0.0703. The van der Waals surface area contributed by atoms with Crippen LogP contribution in [0.4, 0.5) is 0 Å². The van der Waals surface area contributed by atoms with Crippen LogP contribution in [0.3, 0.4) is 0 Å². The van der Waals surface area contributed by atoms with Gasteiger partial charge in [-0.2, -0.15) is 0 Å². The number of rotatable bonds is 5. The van der Waals surface area contributed by atoms with Gasteiger partial charge in [0.05, 0.1) is 0 Å². The van der Waals surface area contributed by atoms with Gasteiger partial charge in [-0.05, 0) is 6.42 Å². The number of ether oxygens (including phenoxy) is 2. The smallest absolute Gasteiger partial charge is 0.323 e. The van der Waals surface area contributed by atoms with Crippen LogP contribution >= 0.6 is 0 Å². The Bertz CT molecular complexity index is 300. The summed E-state index contributed by atoms with van der Waals surface area (Å²) in [4.78, 5) is 23.6. The van der Waals surface area contributed by atoms with Crippen molar-refractivity contribution in [3.05, 3.63) is 12.0 Å². The summed E-state index contributed by atoms with van der Waals surface area (Å²) in [5, 5.41) is 8.67. The first-order chi connectivity index (χ1) is 7.65. The predicted octanol–water partition coefficient (Wildman–Crippen LogP) is 0.198. The van der Waals surface area contributed by atoms with Crippen LogP contribution in [0.25, 0.3) is 0 Å². The first kappa shape index (κ1) is 12.4. The molecule has 0 saturated carbocycles. The van der Waals surface area contributed by atoms with E-state index < -0.39 is 11.9 Å². The van der Waals surface area contributed by atoms with Gasteiger partial charge in [0.25, 0.3) is 5.91 Å². The lowest BCUT2D eigenvalue weighted by Gasteiger charge is -2.22. The summed E-state index contributed by atoms with van der Waals surface area (Å²) in [6.45, 7) is 2.64. The standard InChI is InChI=1S/C10H15NO5/c1-2-3-11(6-9(12)13)10(14)8-7-15-4-5-16-8/h7H,2-6H2,1H3,(H,12,13). The number of carbonyl (C=O) groups excluding carboxylic acids is 1. The van der Waals surface area contributed by atoms with Gasteiger partial charge in [-0.15, -0.1) is 0 Å². The Hall–Kier alpha value is -1.72. The van der Waals surface area contributed by atoms with Crippen LogP contribution in [0.5, 0.6) is 0 Å². The van der Waals surface area contributed by atoms with Crippen molar-refractivity contribution in [3.8, 4) is 0 Å². The van der Waals surface area contributed by atoms with Crippen LogP contribution in [0.1, 0.15) is 13.3 Å². The van der Waals surface area contributed by atoms with E-state index in [0.717, 1.165) is 0 Å². The molecule has 6 nitrogen and oxygen atoms in total. The predicted molar refractivity (Wildman–Crippen MR) is 54.5 cm³/mol. The number of hydrogen-bond acceptors (Lipinski definition) is 4. The van der Waals surface area contributed by atoms with Crippen LogP contribution in [-0.4, -0.2) is 48.2 Å². The van der Waals surface area contributed by atoms with Crippen molar-refractivity contribution in [1.29, 1.82) is 0 Å². The molecule has 1 aliphatic heterocycles. The molecule has 1 heterocycles. The fourth-order valence-corrected chi connectivity index (χ4v) is 1.32. The van der Waals surface area contributed by atoms with Crippen LogP contribution in [0.2, 0.25) is 0 Å². The summed E-state index contributed by atoms with van der Waals surface area (Å²) in [6, 6.07) is 0. The minimum atomic E-state index is -1.04. The minimum Gasteiger partial charge on any atom is -0.494 e. The molecular formula is C10H15NO5. The summed E-state index contributed by atoms with van der Waals surface area (Å²) >= 11 is 0. The van der Waals surface area contributed by atoms with Crippen molar-refractivity contribution >= 4 is 11.9 Å². The fraction of sp³-hybridized carbons (Fsp3) is 0.600. The van der Waals surface area contributed by atoms with Gasteiger partial charge in [-0.3, -0.25) is 9.59 Å². The van der Waals surface area contributed by atoms with Crippen LogP contribution in [0, 0.1) is 0 Å². The molecule has 0 aromatic heterocycles. The van der Waals surface area contributed by atoms with Crippen molar-refractivity contribution in [2.24, 2.45) is 0 Å². The number of carbonyl (C=O) groups is 2. The normalized spacial score (nSPS) is 14.4. The molecule has 6 heteroatoms. The van der Waals surface area contributed by atoms with Crippen LogP contribution < -0.4 is 0 Å². The fourth-order valence-electron chi connectivity index (χ4n) is 1.32. The number of carboxylic acids is 1. The lowest BCUT2D eigenvalue weighted by atomic mass is 10.3. The van der Waals surface area contributed by atoms with Gasteiger partial charge < -0.3 is 19.5 Å². The Morgan fingerprint density at radius 3 is 2.75 bits per heavy atom. The number of hydrogen-bond donors (Lipinski definition) is 1. The summed E-state index contributed by atoms with van der Waals surface area (Å²) < 4.78 is 10.1. The molecule has 0 fully saturated rings. The maximum absolute atomic E-state index is 11.8. The Morgan fingerprint density at radius 2 is 2.25 bits per heavy atom. The molecule has 0 unspecified atom stereocenters. The Balaban J connectivity index is 2.65. The second-order valence-corrected chi connectivity index (χ2v) is 3.32. The number of nitrogens with zero attached hydrogens (tertiary/aromatic N) is 1. The Kier molecular flexibility index (Phi) is 4.63. The quantitative estimate of drug-likeness (QED) is 0.728. The summed E-state index contributed by atoms with van der Waals surface area (Å²) in [5.41, 5.74) is 0. The lowest BCUT2D eigenvalue weighted by Crippen LogP contribution is -2.38. The zero-order chi connectivity index (χ0) is 12.0. The van der Waals surface area contributed by atoms with Crippen molar-refractivity contribution in [3.63, 3.8) is 0 Å². The zero-order valence-electron chi connectivity index (χ0n) is 9.14. The van der Waals surface area contributed by atoms with E-state index in [1.807, 2.05) is 6.92 Å². The first-order valence-electron chi connectivity index (χ1n) is 5.10. The summed E-state index contributed by atoms with van der Waals surface area (Å²) in [6.07, 6.45) is 1.92. The molecule has 1 amide bonds. The number of amides is 1. The van der Waals surface area contributed by atoms with E-state index in [9.17, 15) is 9.59 Å². The van der Waals surface area contributed by atoms with Crippen molar-refractivity contribution in [2.75, 3.05) is 26.3 Å². The van der Waals surface area contributed by atoms with Crippen LogP contribution in [0.15, 0.2) is 12.0 Å². The van der Waals surface area contributed by atoms with Gasteiger partial charge in [0, 0.05) is 6.54 Å². The van der Waals surface area contributed by atoms with Gasteiger partial charge in [0.1, 0.15) is 26.0 Å². The van der Waals surface area contributed by atoms with Gasteiger partial charge in [-0.25, -0.2) is 0 Å². The molecule has 0 saturated heterocycles. The molecule has 1 rings (SSSR count). The number of aliphatic carboxylic acids is 1. The highest BCUT2D eigenvalue weighted by molar-refractivity contribution is 5.93. The average Bonchev–Trinajstić information content (AvgIpc) is 2.28. The lowest BCUT2D eigenvalue weighted by molar-refractivity contribution is -0.144. The zero-order valence-corrected chi connectivity index (χ0v) is 9.14. The highest BCUT2D eigenvalue weighted by atomic mass is 16.6. The second-order valence-electron chi connectivity index (χ2n) is 3.32. The summed E-state index contributed by atoms with van der Waals surface area (Å²) in [5.74, 6) is -1.41. The van der Waals surface area contributed by atoms with Crippen molar-refractivity contribution in [1.82, 2.24) is 4.90 Å². The molecule has 90 valence electrons. The molecule has 0 radical (unpaired) electrons. The Labute approximate surface area is 93.4 Å². The highest BCUT2D eigenvalue weighted by Crippen LogP contribution is 2.09. The van der Waals surface area contributed by atoms with E-state index >= 15 is 0 Å². The molecule has 0 atom stereocenters. The van der Waals surface area contributed by atoms with Gasteiger partial charge in [0.2, 0.25) is 5.76 Å². The van der Waals surface area contributed by atoms with E-state index in [0.29, 0.717) is 26.2 Å². The van der Waals surface area contributed by atoms with Gasteiger partial charge in [0.15, 0.2) is 0 Å². The molecule has 0 aliphatic carbocycles. The topological polar surface area (TPSA) is 76.1 Å². The largest absolute Gasteiger partial charge is 0.494 e. The van der Waals surface area contributed by atoms with Gasteiger partial charge >= 0.3 is 5.97 Å². The highest BCUT2D eigenvalue weighted by Gasteiger charge is 2.23. The first-order valence-corrected chi connectivity index (χ1v) is 5.10. The van der Waals surface area contributed by atoms with E-state index in [2.05, 4.69) is 0 Å². The second kappa shape index (κ2) is 5.99. The van der Waals surface area contributed by atoms with E-state index in [-0.39, 0.29) is 12.3 Å². The third-order valence-corrected chi connectivity index (χ3v) is 1.97. The van der Waals surface area contributed by atoms with Gasteiger partial charge in [-0.1, -0.05) is 6.92 Å².